The molecule has 0 radical (unpaired) electrons. The van der Waals surface area contributed by atoms with Crippen molar-refractivity contribution in [3.63, 3.8) is 0 Å². The highest BCUT2D eigenvalue weighted by Gasteiger charge is 2.42. The molecule has 158 valence electrons. The number of nitrogens with zero attached hydrogens (tertiary/aromatic N) is 2. The quantitative estimate of drug-likeness (QED) is 0.548. The van der Waals surface area contributed by atoms with Crippen LogP contribution in [0.1, 0.15) is 12.0 Å². The first-order chi connectivity index (χ1) is 14.6. The average molecular weight is 428 g/mol. The molecule has 4 rings (SSSR count). The highest BCUT2D eigenvalue weighted by atomic mass is 35.5. The lowest BCUT2D eigenvalue weighted by Gasteiger charge is -2.28. The van der Waals surface area contributed by atoms with Crippen LogP contribution in [0, 0.1) is 0 Å². The molecule has 1 aliphatic heterocycles. The number of hydrogen-bond donors (Lipinski definition) is 1. The first kappa shape index (κ1) is 20.7. The zero-order valence-electron chi connectivity index (χ0n) is 17.0. The van der Waals surface area contributed by atoms with E-state index >= 15 is 0 Å². The summed E-state index contributed by atoms with van der Waals surface area (Å²) in [4.78, 5) is 4.14. The second kappa shape index (κ2) is 9.51. The van der Waals surface area contributed by atoms with Crippen molar-refractivity contribution in [2.24, 2.45) is 0 Å². The van der Waals surface area contributed by atoms with E-state index in [1.807, 2.05) is 66.3 Å². The number of nitrogens with one attached hydrogen (secondary N) is 1. The third-order valence-electron chi connectivity index (χ3n) is 5.18. The molecule has 0 saturated carbocycles. The van der Waals surface area contributed by atoms with Gasteiger partial charge in [0.05, 0.1) is 19.5 Å². The van der Waals surface area contributed by atoms with Crippen LogP contribution < -0.4 is 10.1 Å². The maximum atomic E-state index is 6.40. The number of aromatic nitrogens is 2. The first-order valence-electron chi connectivity index (χ1n) is 10.1. The van der Waals surface area contributed by atoms with Crippen molar-refractivity contribution >= 4 is 17.3 Å². The smallest absolute Gasteiger partial charge is 0.187 e. The summed E-state index contributed by atoms with van der Waals surface area (Å²) in [6, 6.07) is 15.8. The highest BCUT2D eigenvalue weighted by Crippen LogP contribution is 2.31. The lowest BCUT2D eigenvalue weighted by Crippen LogP contribution is -2.37. The Labute approximate surface area is 181 Å². The molecule has 0 aliphatic carbocycles. The predicted molar refractivity (Wildman–Crippen MR) is 117 cm³/mol. The van der Waals surface area contributed by atoms with E-state index in [2.05, 4.69) is 10.3 Å². The van der Waals surface area contributed by atoms with Gasteiger partial charge in [0.2, 0.25) is 0 Å². The van der Waals surface area contributed by atoms with E-state index in [1.54, 1.807) is 12.5 Å². The Bertz CT molecular complexity index is 916. The molecular formula is C23H26ClN3O3. The molecule has 1 aliphatic rings. The van der Waals surface area contributed by atoms with E-state index in [4.69, 9.17) is 25.8 Å². The van der Waals surface area contributed by atoms with Crippen LogP contribution in [0.5, 0.6) is 5.75 Å². The van der Waals surface area contributed by atoms with Gasteiger partial charge in [-0.05, 0) is 48.4 Å². The summed E-state index contributed by atoms with van der Waals surface area (Å²) in [5, 5.41) is 3.83. The predicted octanol–water partition coefficient (Wildman–Crippen LogP) is 4.40. The third kappa shape index (κ3) is 5.33. The number of imidazole rings is 1. The van der Waals surface area contributed by atoms with Crippen LogP contribution in [-0.2, 0) is 22.4 Å². The molecule has 1 saturated heterocycles. The molecular weight excluding hydrogens is 402 g/mol. The first-order valence-corrected chi connectivity index (χ1v) is 10.4. The van der Waals surface area contributed by atoms with Crippen LogP contribution in [-0.4, -0.2) is 41.7 Å². The number of anilines is 1. The zero-order chi connectivity index (χ0) is 20.8. The minimum absolute atomic E-state index is 0.136. The zero-order valence-corrected chi connectivity index (χ0v) is 17.7. The summed E-state index contributed by atoms with van der Waals surface area (Å²) >= 11 is 6.01. The fourth-order valence-corrected chi connectivity index (χ4v) is 3.67. The highest BCUT2D eigenvalue weighted by molar-refractivity contribution is 6.30. The van der Waals surface area contributed by atoms with Crippen LogP contribution in [0.2, 0.25) is 5.02 Å². The number of hydrogen-bond acceptors (Lipinski definition) is 5. The van der Waals surface area contributed by atoms with Gasteiger partial charge in [-0.15, -0.1) is 0 Å². The molecule has 2 atom stereocenters. The Morgan fingerprint density at radius 1 is 1.20 bits per heavy atom. The second-order valence-corrected chi connectivity index (χ2v) is 7.84. The average Bonchev–Trinajstić information content (AvgIpc) is 3.43. The molecule has 1 fully saturated rings. The molecule has 2 unspecified atom stereocenters. The van der Waals surface area contributed by atoms with E-state index in [-0.39, 0.29) is 6.10 Å². The minimum Gasteiger partial charge on any atom is -0.491 e. The van der Waals surface area contributed by atoms with Crippen LogP contribution in [0.4, 0.5) is 5.69 Å². The summed E-state index contributed by atoms with van der Waals surface area (Å²) in [6.07, 6.45) is 6.87. The van der Waals surface area contributed by atoms with Gasteiger partial charge in [0.15, 0.2) is 5.79 Å². The van der Waals surface area contributed by atoms with Gasteiger partial charge in [-0.3, -0.25) is 0 Å². The summed E-state index contributed by atoms with van der Waals surface area (Å²) in [5.74, 6) is 0.0931. The maximum Gasteiger partial charge on any atom is 0.187 e. The minimum atomic E-state index is -0.718. The Morgan fingerprint density at radius 3 is 2.70 bits per heavy atom. The lowest BCUT2D eigenvalue weighted by molar-refractivity contribution is -0.184. The SMILES string of the molecule is CNc1ccc(OCC2COC(CCc3ccc(Cl)cc3)(Cn3ccnc3)O2)cc1. The standard InChI is InChI=1S/C23H26ClN3O3/c1-25-20-6-8-21(9-7-20)28-14-22-15-29-23(30-22,16-27-13-12-26-17-27)11-10-18-2-4-19(24)5-3-18/h2-9,12-13,17,22,25H,10-11,14-16H2,1H3. The molecule has 1 N–H and O–H groups in total. The second-order valence-electron chi connectivity index (χ2n) is 7.41. The lowest BCUT2D eigenvalue weighted by atomic mass is 10.0. The maximum absolute atomic E-state index is 6.40. The Balaban J connectivity index is 1.39. The van der Waals surface area contributed by atoms with Crippen LogP contribution in [0.15, 0.2) is 67.3 Å². The van der Waals surface area contributed by atoms with Gasteiger partial charge in [0.25, 0.3) is 0 Å². The fraction of sp³-hybridized carbons (Fsp3) is 0.348. The topological polar surface area (TPSA) is 57.5 Å². The van der Waals surface area contributed by atoms with E-state index in [9.17, 15) is 0 Å². The van der Waals surface area contributed by atoms with Gasteiger partial charge >= 0.3 is 0 Å². The van der Waals surface area contributed by atoms with Crippen LogP contribution in [0.25, 0.3) is 0 Å². The molecule has 0 bridgehead atoms. The van der Waals surface area contributed by atoms with Crippen molar-refractivity contribution in [1.29, 1.82) is 0 Å². The Kier molecular flexibility index (Phi) is 6.57. The molecule has 0 spiro atoms. The van der Waals surface area contributed by atoms with Crippen molar-refractivity contribution < 1.29 is 14.2 Å². The summed E-state index contributed by atoms with van der Waals surface area (Å²) in [6.45, 7) is 1.50. The number of benzene rings is 2. The largest absolute Gasteiger partial charge is 0.491 e. The molecule has 1 aromatic heterocycles. The normalized spacial score (nSPS) is 20.9. The van der Waals surface area contributed by atoms with Gasteiger partial charge in [-0.1, -0.05) is 23.7 Å². The Morgan fingerprint density at radius 2 is 2.00 bits per heavy atom. The van der Waals surface area contributed by atoms with Crippen molar-refractivity contribution in [2.45, 2.75) is 31.3 Å². The van der Waals surface area contributed by atoms with E-state index in [0.717, 1.165) is 29.3 Å². The summed E-state index contributed by atoms with van der Waals surface area (Å²) in [5.41, 5.74) is 2.24. The molecule has 2 heterocycles. The van der Waals surface area contributed by atoms with Gasteiger partial charge in [-0.2, -0.15) is 0 Å². The Hall–Kier alpha value is -2.54. The van der Waals surface area contributed by atoms with Gasteiger partial charge in [-0.25, -0.2) is 4.98 Å². The van der Waals surface area contributed by atoms with Gasteiger partial charge < -0.3 is 24.1 Å². The van der Waals surface area contributed by atoms with Gasteiger partial charge in [0.1, 0.15) is 18.5 Å². The molecule has 7 heteroatoms. The third-order valence-corrected chi connectivity index (χ3v) is 5.44. The number of rotatable bonds is 9. The monoisotopic (exact) mass is 427 g/mol. The van der Waals surface area contributed by atoms with Crippen LogP contribution in [0.3, 0.4) is 0 Å². The van der Waals surface area contributed by atoms with Crippen molar-refractivity contribution in [3.8, 4) is 5.75 Å². The van der Waals surface area contributed by atoms with E-state index in [1.165, 1.54) is 5.56 Å². The number of aryl methyl sites for hydroxylation is 1. The van der Waals surface area contributed by atoms with Crippen molar-refractivity contribution in [2.75, 3.05) is 25.6 Å². The summed E-state index contributed by atoms with van der Waals surface area (Å²) in [7, 11) is 1.89. The molecule has 2 aromatic carbocycles. The fourth-order valence-electron chi connectivity index (χ4n) is 3.54. The summed E-state index contributed by atoms with van der Waals surface area (Å²) < 4.78 is 20.5. The van der Waals surface area contributed by atoms with E-state index in [0.29, 0.717) is 19.8 Å². The van der Waals surface area contributed by atoms with Crippen molar-refractivity contribution in [1.82, 2.24) is 9.55 Å². The molecule has 3 aromatic rings. The molecule has 6 nitrogen and oxygen atoms in total. The number of halogens is 1. The van der Waals surface area contributed by atoms with E-state index < -0.39 is 5.79 Å². The van der Waals surface area contributed by atoms with Gasteiger partial charge in [0, 0.05) is 36.6 Å². The van der Waals surface area contributed by atoms with Crippen LogP contribution >= 0.6 is 11.6 Å². The van der Waals surface area contributed by atoms with Crippen molar-refractivity contribution in [3.05, 3.63) is 77.8 Å². The molecule has 0 amide bonds. The molecule has 30 heavy (non-hydrogen) atoms. The number of ether oxygens (including phenoxy) is 3.